The average molecular weight is 247 g/mol. The second-order valence-electron chi connectivity index (χ2n) is 5.71. The van der Waals surface area contributed by atoms with Gasteiger partial charge in [-0.25, -0.2) is 0 Å². The topological polar surface area (TPSA) is 32.3 Å². The van der Waals surface area contributed by atoms with Gasteiger partial charge in [-0.05, 0) is 50.8 Å². The van der Waals surface area contributed by atoms with Gasteiger partial charge in [0.25, 0.3) is 0 Å². The van der Waals surface area contributed by atoms with Gasteiger partial charge < -0.3 is 10.4 Å². The lowest BCUT2D eigenvalue weighted by molar-refractivity contribution is 0.227. The molecule has 2 rings (SSSR count). The molecular formula is C16H25NO. The van der Waals surface area contributed by atoms with Crippen LogP contribution in [0.5, 0.6) is 0 Å². The Morgan fingerprint density at radius 2 is 2.11 bits per heavy atom. The maximum atomic E-state index is 9.47. The monoisotopic (exact) mass is 247 g/mol. The smallest absolute Gasteiger partial charge is 0.0440 e. The fourth-order valence-electron chi connectivity index (χ4n) is 3.23. The van der Waals surface area contributed by atoms with Crippen molar-refractivity contribution >= 4 is 0 Å². The molecule has 100 valence electrons. The van der Waals surface area contributed by atoms with Crippen LogP contribution in [0, 0.1) is 13.8 Å². The first-order chi connectivity index (χ1) is 8.68. The Labute approximate surface area is 110 Å². The summed E-state index contributed by atoms with van der Waals surface area (Å²) in [7, 11) is 0. The van der Waals surface area contributed by atoms with Crippen molar-refractivity contribution in [3.63, 3.8) is 0 Å². The Morgan fingerprint density at radius 1 is 1.28 bits per heavy atom. The van der Waals surface area contributed by atoms with Crippen molar-refractivity contribution in [1.29, 1.82) is 0 Å². The van der Waals surface area contributed by atoms with Crippen molar-refractivity contribution in [3.05, 3.63) is 34.9 Å². The van der Waals surface area contributed by atoms with Crippen LogP contribution in [-0.4, -0.2) is 24.8 Å². The summed E-state index contributed by atoms with van der Waals surface area (Å²) in [5.41, 5.74) is 4.24. The Kier molecular flexibility index (Phi) is 4.41. The highest BCUT2D eigenvalue weighted by Gasteiger charge is 2.33. The lowest BCUT2D eigenvalue weighted by atomic mass is 9.72. The Bertz CT molecular complexity index is 392. The SMILES string of the molecule is Cc1ccc(C)c(C2(CCO)CCCCNC2)c1. The molecular weight excluding hydrogens is 222 g/mol. The summed E-state index contributed by atoms with van der Waals surface area (Å²) < 4.78 is 0. The number of hydrogen-bond donors (Lipinski definition) is 2. The van der Waals surface area contributed by atoms with Crippen molar-refractivity contribution in [3.8, 4) is 0 Å². The molecule has 0 radical (unpaired) electrons. The number of aliphatic hydroxyl groups excluding tert-OH is 1. The molecule has 0 amide bonds. The fourth-order valence-corrected chi connectivity index (χ4v) is 3.23. The van der Waals surface area contributed by atoms with Gasteiger partial charge in [-0.15, -0.1) is 0 Å². The molecule has 1 fully saturated rings. The van der Waals surface area contributed by atoms with Gasteiger partial charge in [0, 0.05) is 18.6 Å². The molecule has 1 unspecified atom stereocenters. The van der Waals surface area contributed by atoms with Crippen molar-refractivity contribution in [2.45, 2.75) is 44.9 Å². The summed E-state index contributed by atoms with van der Waals surface area (Å²) in [6.45, 7) is 6.73. The Balaban J connectivity index is 2.41. The summed E-state index contributed by atoms with van der Waals surface area (Å²) in [5.74, 6) is 0. The summed E-state index contributed by atoms with van der Waals surface area (Å²) in [5, 5.41) is 13.0. The molecule has 1 atom stereocenters. The van der Waals surface area contributed by atoms with Gasteiger partial charge in [-0.3, -0.25) is 0 Å². The molecule has 2 heteroatoms. The lowest BCUT2D eigenvalue weighted by Crippen LogP contribution is -2.38. The van der Waals surface area contributed by atoms with E-state index in [0.717, 1.165) is 19.5 Å². The van der Waals surface area contributed by atoms with Gasteiger partial charge >= 0.3 is 0 Å². The third-order valence-corrected chi connectivity index (χ3v) is 4.28. The van der Waals surface area contributed by atoms with E-state index in [9.17, 15) is 5.11 Å². The van der Waals surface area contributed by atoms with Crippen LogP contribution in [-0.2, 0) is 5.41 Å². The summed E-state index contributed by atoms with van der Waals surface area (Å²) >= 11 is 0. The molecule has 0 aromatic heterocycles. The molecule has 1 aliphatic heterocycles. The minimum atomic E-state index is 0.126. The third kappa shape index (κ3) is 2.76. The van der Waals surface area contributed by atoms with Gasteiger partial charge in [-0.1, -0.05) is 30.2 Å². The van der Waals surface area contributed by atoms with Crippen molar-refractivity contribution < 1.29 is 5.11 Å². The number of hydrogen-bond acceptors (Lipinski definition) is 2. The van der Waals surface area contributed by atoms with Crippen LogP contribution in [0.2, 0.25) is 0 Å². The second kappa shape index (κ2) is 5.85. The van der Waals surface area contributed by atoms with E-state index in [4.69, 9.17) is 0 Å². The maximum Gasteiger partial charge on any atom is 0.0440 e. The van der Waals surface area contributed by atoms with Crippen LogP contribution in [0.1, 0.15) is 42.4 Å². The molecule has 1 saturated heterocycles. The van der Waals surface area contributed by atoms with E-state index < -0.39 is 0 Å². The number of aryl methyl sites for hydroxylation is 2. The molecule has 0 aliphatic carbocycles. The third-order valence-electron chi connectivity index (χ3n) is 4.28. The van der Waals surface area contributed by atoms with Gasteiger partial charge in [0.15, 0.2) is 0 Å². The van der Waals surface area contributed by atoms with Crippen LogP contribution in [0.25, 0.3) is 0 Å². The van der Waals surface area contributed by atoms with E-state index in [1.54, 1.807) is 0 Å². The zero-order chi connectivity index (χ0) is 13.0. The fraction of sp³-hybridized carbons (Fsp3) is 0.625. The van der Waals surface area contributed by atoms with Crippen molar-refractivity contribution in [2.24, 2.45) is 0 Å². The Morgan fingerprint density at radius 3 is 2.89 bits per heavy atom. The van der Waals surface area contributed by atoms with Crippen molar-refractivity contribution in [1.82, 2.24) is 5.32 Å². The Hall–Kier alpha value is -0.860. The molecule has 0 saturated carbocycles. The van der Waals surface area contributed by atoms with E-state index in [0.29, 0.717) is 0 Å². The van der Waals surface area contributed by atoms with Gasteiger partial charge in [0.1, 0.15) is 0 Å². The zero-order valence-corrected chi connectivity index (χ0v) is 11.6. The van der Waals surface area contributed by atoms with Gasteiger partial charge in [-0.2, -0.15) is 0 Å². The predicted molar refractivity (Wildman–Crippen MR) is 76.0 cm³/mol. The highest BCUT2D eigenvalue weighted by atomic mass is 16.3. The number of rotatable bonds is 3. The van der Waals surface area contributed by atoms with E-state index in [1.165, 1.54) is 36.0 Å². The number of aliphatic hydroxyl groups is 1. The number of benzene rings is 1. The molecule has 1 aromatic carbocycles. The molecule has 18 heavy (non-hydrogen) atoms. The largest absolute Gasteiger partial charge is 0.396 e. The molecule has 1 heterocycles. The summed E-state index contributed by atoms with van der Waals surface area (Å²) in [4.78, 5) is 0. The standard InChI is InChI=1S/C16H25NO/c1-13-5-6-14(2)15(11-13)16(8-10-18)7-3-4-9-17-12-16/h5-6,11,17-18H,3-4,7-10,12H2,1-2H3. The molecule has 1 aromatic rings. The van der Waals surface area contributed by atoms with E-state index in [2.05, 4.69) is 37.4 Å². The number of nitrogens with one attached hydrogen (secondary N) is 1. The maximum absolute atomic E-state index is 9.47. The van der Waals surface area contributed by atoms with Gasteiger partial charge in [0.05, 0.1) is 0 Å². The first-order valence-electron chi connectivity index (χ1n) is 7.07. The molecule has 1 aliphatic rings. The normalized spacial score (nSPS) is 24.8. The zero-order valence-electron chi connectivity index (χ0n) is 11.6. The van der Waals surface area contributed by atoms with E-state index in [-0.39, 0.29) is 12.0 Å². The van der Waals surface area contributed by atoms with Crippen LogP contribution < -0.4 is 5.32 Å². The van der Waals surface area contributed by atoms with Crippen LogP contribution in [0.15, 0.2) is 18.2 Å². The molecule has 0 spiro atoms. The predicted octanol–water partition coefficient (Wildman–Crippen LogP) is 2.70. The average Bonchev–Trinajstić information content (AvgIpc) is 2.59. The minimum absolute atomic E-state index is 0.126. The second-order valence-corrected chi connectivity index (χ2v) is 5.71. The van der Waals surface area contributed by atoms with Crippen LogP contribution in [0.4, 0.5) is 0 Å². The van der Waals surface area contributed by atoms with Crippen molar-refractivity contribution in [2.75, 3.05) is 19.7 Å². The molecule has 2 N–H and O–H groups in total. The summed E-state index contributed by atoms with van der Waals surface area (Å²) in [6.07, 6.45) is 4.55. The molecule has 0 bridgehead atoms. The van der Waals surface area contributed by atoms with E-state index in [1.807, 2.05) is 0 Å². The quantitative estimate of drug-likeness (QED) is 0.860. The highest BCUT2D eigenvalue weighted by molar-refractivity contribution is 5.37. The molecule has 2 nitrogen and oxygen atoms in total. The first-order valence-corrected chi connectivity index (χ1v) is 7.07. The van der Waals surface area contributed by atoms with E-state index >= 15 is 0 Å². The lowest BCUT2D eigenvalue weighted by Gasteiger charge is -2.34. The highest BCUT2D eigenvalue weighted by Crippen LogP contribution is 2.36. The first kappa shape index (κ1) is 13.6. The summed E-state index contributed by atoms with van der Waals surface area (Å²) in [6, 6.07) is 6.71. The minimum Gasteiger partial charge on any atom is -0.396 e. The van der Waals surface area contributed by atoms with Gasteiger partial charge in [0.2, 0.25) is 0 Å². The van der Waals surface area contributed by atoms with Crippen LogP contribution >= 0.6 is 0 Å². The van der Waals surface area contributed by atoms with Crippen LogP contribution in [0.3, 0.4) is 0 Å².